The Morgan fingerprint density at radius 3 is 2.87 bits per heavy atom. The minimum Gasteiger partial charge on any atom is -0.493 e. The fourth-order valence-electron chi connectivity index (χ4n) is 1.18. The highest BCUT2D eigenvalue weighted by Crippen LogP contribution is 2.25. The van der Waals surface area contributed by atoms with E-state index in [-0.39, 0.29) is 0 Å². The average molecular weight is 354 g/mol. The Labute approximate surface area is 112 Å². The monoisotopic (exact) mass is 352 g/mol. The summed E-state index contributed by atoms with van der Waals surface area (Å²) in [5, 5.41) is 0.824. The first-order valence-electron chi connectivity index (χ1n) is 4.74. The van der Waals surface area contributed by atoms with E-state index >= 15 is 0 Å². The van der Waals surface area contributed by atoms with E-state index in [2.05, 4.69) is 44.2 Å². The Morgan fingerprint density at radius 2 is 2.20 bits per heavy atom. The first kappa shape index (κ1) is 13.4. The van der Waals surface area contributed by atoms with Gasteiger partial charge >= 0.3 is 0 Å². The van der Waals surface area contributed by atoms with Crippen molar-refractivity contribution in [2.75, 3.05) is 18.6 Å². The molecule has 1 aromatic rings. The van der Waals surface area contributed by atoms with E-state index in [9.17, 15) is 0 Å². The molecule has 0 unspecified atom stereocenters. The van der Waals surface area contributed by atoms with Crippen LogP contribution in [0.2, 0.25) is 0 Å². The molecule has 0 saturated heterocycles. The smallest absolute Gasteiger partial charge is 0.123 e. The molecule has 0 radical (unpaired) electrons. The van der Waals surface area contributed by atoms with Crippen molar-refractivity contribution in [3.8, 4) is 5.75 Å². The largest absolute Gasteiger partial charge is 0.493 e. The quantitative estimate of drug-likeness (QED) is 0.551. The maximum absolute atomic E-state index is 5.72. The van der Waals surface area contributed by atoms with Crippen LogP contribution in [0.1, 0.15) is 12.0 Å². The van der Waals surface area contributed by atoms with Crippen LogP contribution in [0.5, 0.6) is 5.75 Å². The Kier molecular flexibility index (Phi) is 6.77. The number of thioether (sulfide) groups is 1. The summed E-state index contributed by atoms with van der Waals surface area (Å²) in [5.41, 5.74) is 1.19. The van der Waals surface area contributed by atoms with E-state index in [1.165, 1.54) is 5.56 Å². The predicted octanol–water partition coefficient (Wildman–Crippen LogP) is 4.48. The summed E-state index contributed by atoms with van der Waals surface area (Å²) in [7, 11) is 0. The highest BCUT2D eigenvalue weighted by atomic mass is 79.9. The van der Waals surface area contributed by atoms with Crippen molar-refractivity contribution >= 4 is 43.6 Å². The molecule has 0 aliphatic rings. The second kappa shape index (κ2) is 7.58. The van der Waals surface area contributed by atoms with E-state index in [4.69, 9.17) is 4.74 Å². The van der Waals surface area contributed by atoms with Gasteiger partial charge in [0.2, 0.25) is 0 Å². The van der Waals surface area contributed by atoms with Gasteiger partial charge < -0.3 is 4.74 Å². The van der Waals surface area contributed by atoms with Gasteiger partial charge in [-0.2, -0.15) is 11.8 Å². The molecule has 1 aromatic carbocycles. The normalized spacial score (nSPS) is 10.3. The molecule has 0 bridgehead atoms. The van der Waals surface area contributed by atoms with Gasteiger partial charge in [-0.15, -0.1) is 0 Å². The summed E-state index contributed by atoms with van der Waals surface area (Å²) in [6, 6.07) is 6.11. The molecule has 1 rings (SSSR count). The lowest BCUT2D eigenvalue weighted by molar-refractivity contribution is 0.316. The lowest BCUT2D eigenvalue weighted by atomic mass is 10.2. The van der Waals surface area contributed by atoms with Crippen molar-refractivity contribution in [3.63, 3.8) is 0 Å². The van der Waals surface area contributed by atoms with Crippen molar-refractivity contribution in [3.05, 3.63) is 28.2 Å². The topological polar surface area (TPSA) is 9.23 Å². The standard InChI is InChI=1S/C11H14Br2OS/c1-15-6-2-5-14-11-4-3-10(13)7-9(11)8-12/h3-4,7H,2,5-6,8H2,1H3. The summed E-state index contributed by atoms with van der Waals surface area (Å²) in [6.45, 7) is 0.794. The number of rotatable bonds is 6. The van der Waals surface area contributed by atoms with Crippen LogP contribution in [-0.2, 0) is 5.33 Å². The third-order valence-corrected chi connectivity index (χ3v) is 3.71. The van der Waals surface area contributed by atoms with E-state index in [1.807, 2.05) is 23.9 Å². The minimum absolute atomic E-state index is 0.794. The molecular formula is C11H14Br2OS. The van der Waals surface area contributed by atoms with E-state index in [1.54, 1.807) is 0 Å². The lowest BCUT2D eigenvalue weighted by Crippen LogP contribution is -2.00. The predicted molar refractivity (Wildman–Crippen MR) is 75.3 cm³/mol. The van der Waals surface area contributed by atoms with Crippen molar-refractivity contribution in [2.45, 2.75) is 11.8 Å². The number of benzene rings is 1. The molecule has 0 amide bonds. The lowest BCUT2D eigenvalue weighted by Gasteiger charge is -2.09. The van der Waals surface area contributed by atoms with Gasteiger partial charge in [-0.1, -0.05) is 31.9 Å². The Bertz CT molecular complexity index is 305. The first-order valence-corrected chi connectivity index (χ1v) is 8.05. The summed E-state index contributed by atoms with van der Waals surface area (Å²) in [6.07, 6.45) is 3.21. The molecule has 4 heteroatoms. The summed E-state index contributed by atoms with van der Waals surface area (Å²) >= 11 is 8.76. The molecule has 0 spiro atoms. The van der Waals surface area contributed by atoms with Crippen molar-refractivity contribution in [2.24, 2.45) is 0 Å². The van der Waals surface area contributed by atoms with Crippen molar-refractivity contribution in [1.29, 1.82) is 0 Å². The van der Waals surface area contributed by atoms with Gasteiger partial charge in [0, 0.05) is 15.4 Å². The highest BCUT2D eigenvalue weighted by Gasteiger charge is 2.02. The molecule has 0 fully saturated rings. The Balaban J connectivity index is 2.52. The first-order chi connectivity index (χ1) is 7.27. The van der Waals surface area contributed by atoms with Crippen LogP contribution in [0, 0.1) is 0 Å². The molecule has 0 aliphatic carbocycles. The molecule has 0 aliphatic heterocycles. The third-order valence-electron chi connectivity index (χ3n) is 1.92. The molecule has 15 heavy (non-hydrogen) atoms. The summed E-state index contributed by atoms with van der Waals surface area (Å²) < 4.78 is 6.81. The van der Waals surface area contributed by atoms with Gasteiger partial charge in [-0.3, -0.25) is 0 Å². The van der Waals surface area contributed by atoms with Crippen LogP contribution in [0.15, 0.2) is 22.7 Å². The third kappa shape index (κ3) is 4.79. The molecular weight excluding hydrogens is 340 g/mol. The summed E-state index contributed by atoms with van der Waals surface area (Å²) in [4.78, 5) is 0. The number of halogens is 2. The average Bonchev–Trinajstić information content (AvgIpc) is 2.26. The van der Waals surface area contributed by atoms with Gasteiger partial charge in [0.05, 0.1) is 6.61 Å². The zero-order valence-electron chi connectivity index (χ0n) is 8.63. The highest BCUT2D eigenvalue weighted by molar-refractivity contribution is 9.10. The Morgan fingerprint density at radius 1 is 1.40 bits per heavy atom. The Hall–Kier alpha value is 0.330. The van der Waals surface area contributed by atoms with Gasteiger partial charge in [0.25, 0.3) is 0 Å². The van der Waals surface area contributed by atoms with E-state index < -0.39 is 0 Å². The number of hydrogen-bond acceptors (Lipinski definition) is 2. The van der Waals surface area contributed by atoms with Gasteiger partial charge in [0.15, 0.2) is 0 Å². The second-order valence-electron chi connectivity index (χ2n) is 3.08. The zero-order chi connectivity index (χ0) is 11.1. The van der Waals surface area contributed by atoms with Gasteiger partial charge in [0.1, 0.15) is 5.75 Å². The molecule has 0 N–H and O–H groups in total. The number of ether oxygens (including phenoxy) is 1. The fourth-order valence-corrected chi connectivity index (χ4v) is 2.43. The van der Waals surface area contributed by atoms with Crippen LogP contribution in [0.25, 0.3) is 0 Å². The zero-order valence-corrected chi connectivity index (χ0v) is 12.6. The van der Waals surface area contributed by atoms with Crippen LogP contribution < -0.4 is 4.74 Å². The van der Waals surface area contributed by atoms with Crippen molar-refractivity contribution < 1.29 is 4.74 Å². The maximum Gasteiger partial charge on any atom is 0.123 e. The van der Waals surface area contributed by atoms with E-state index in [0.29, 0.717) is 0 Å². The van der Waals surface area contributed by atoms with Crippen LogP contribution >= 0.6 is 43.6 Å². The fraction of sp³-hybridized carbons (Fsp3) is 0.455. The minimum atomic E-state index is 0.794. The molecule has 1 nitrogen and oxygen atoms in total. The SMILES string of the molecule is CSCCCOc1ccc(Br)cc1CBr. The molecule has 0 saturated carbocycles. The summed E-state index contributed by atoms with van der Waals surface area (Å²) in [5.74, 6) is 2.14. The number of alkyl halides is 1. The second-order valence-corrected chi connectivity index (χ2v) is 5.54. The van der Waals surface area contributed by atoms with Crippen LogP contribution in [0.3, 0.4) is 0 Å². The number of hydrogen-bond donors (Lipinski definition) is 0. The van der Waals surface area contributed by atoms with Crippen LogP contribution in [-0.4, -0.2) is 18.6 Å². The molecule has 84 valence electrons. The van der Waals surface area contributed by atoms with Crippen molar-refractivity contribution in [1.82, 2.24) is 0 Å². The van der Waals surface area contributed by atoms with E-state index in [0.717, 1.165) is 34.3 Å². The molecule has 0 aromatic heterocycles. The van der Waals surface area contributed by atoms with Crippen LogP contribution in [0.4, 0.5) is 0 Å². The molecule has 0 atom stereocenters. The maximum atomic E-state index is 5.72. The molecule has 0 heterocycles. The van der Waals surface area contributed by atoms with Gasteiger partial charge in [-0.25, -0.2) is 0 Å². The van der Waals surface area contributed by atoms with Gasteiger partial charge in [-0.05, 0) is 36.6 Å².